The van der Waals surface area contributed by atoms with Crippen LogP contribution in [0, 0.1) is 5.92 Å². The normalized spacial score (nSPS) is 17.6. The van der Waals surface area contributed by atoms with Crippen LogP contribution in [0.4, 0.5) is 0 Å². The van der Waals surface area contributed by atoms with E-state index in [1.165, 1.54) is 37.7 Å². The molecule has 0 spiro atoms. The van der Waals surface area contributed by atoms with Crippen molar-refractivity contribution in [1.29, 1.82) is 0 Å². The Hall–Kier alpha value is -1.02. The Morgan fingerprint density at radius 1 is 1.32 bits per heavy atom. The molecule has 2 heteroatoms. The topological polar surface area (TPSA) is 21.3 Å². The van der Waals surface area contributed by atoms with Crippen molar-refractivity contribution in [2.24, 2.45) is 5.92 Å². The molecule has 0 bridgehead atoms. The van der Waals surface area contributed by atoms with Crippen LogP contribution in [0.2, 0.25) is 0 Å². The van der Waals surface area contributed by atoms with E-state index in [4.69, 9.17) is 4.74 Å². The highest BCUT2D eigenvalue weighted by Crippen LogP contribution is 2.29. The quantitative estimate of drug-likeness (QED) is 0.806. The molecule has 1 aliphatic rings. The van der Waals surface area contributed by atoms with Crippen LogP contribution in [0.5, 0.6) is 5.75 Å². The predicted octanol–water partition coefficient (Wildman–Crippen LogP) is 3.80. The third kappa shape index (κ3) is 4.54. The van der Waals surface area contributed by atoms with Crippen molar-refractivity contribution in [2.45, 2.75) is 51.5 Å². The van der Waals surface area contributed by atoms with E-state index in [-0.39, 0.29) is 0 Å². The molecule has 1 atom stereocenters. The van der Waals surface area contributed by atoms with E-state index in [2.05, 4.69) is 30.4 Å². The second-order valence-electron chi connectivity index (χ2n) is 5.70. The first kappa shape index (κ1) is 14.4. The zero-order valence-electron chi connectivity index (χ0n) is 12.3. The Kier molecular flexibility index (Phi) is 5.71. The number of hydrogen-bond acceptors (Lipinski definition) is 2. The first-order chi connectivity index (χ1) is 9.31. The standard InChI is InChI=1S/C17H27NO/c1-3-18-16(11-14-7-4-5-8-14)12-15-9-6-10-17(13-15)19-2/h6,9-10,13-14,16,18H,3-5,7-8,11-12H2,1-2H3. The lowest BCUT2D eigenvalue weighted by Gasteiger charge is -2.21. The van der Waals surface area contributed by atoms with Gasteiger partial charge in [-0.1, -0.05) is 44.7 Å². The summed E-state index contributed by atoms with van der Waals surface area (Å²) in [4.78, 5) is 0. The number of benzene rings is 1. The molecule has 2 nitrogen and oxygen atoms in total. The summed E-state index contributed by atoms with van der Waals surface area (Å²) in [7, 11) is 1.74. The third-order valence-electron chi connectivity index (χ3n) is 4.20. The van der Waals surface area contributed by atoms with Gasteiger partial charge in [0.25, 0.3) is 0 Å². The van der Waals surface area contributed by atoms with Crippen molar-refractivity contribution in [3.8, 4) is 5.75 Å². The van der Waals surface area contributed by atoms with Crippen molar-refractivity contribution < 1.29 is 4.74 Å². The SMILES string of the molecule is CCNC(Cc1cccc(OC)c1)CC1CCCC1. The van der Waals surface area contributed by atoms with Crippen LogP contribution in [-0.4, -0.2) is 19.7 Å². The monoisotopic (exact) mass is 261 g/mol. The van der Waals surface area contributed by atoms with E-state index in [9.17, 15) is 0 Å². The minimum atomic E-state index is 0.611. The molecule has 0 amide bonds. The molecule has 1 fully saturated rings. The minimum absolute atomic E-state index is 0.611. The molecule has 0 aromatic heterocycles. The van der Waals surface area contributed by atoms with Crippen molar-refractivity contribution >= 4 is 0 Å². The molecule has 1 aromatic carbocycles. The van der Waals surface area contributed by atoms with Crippen molar-refractivity contribution in [3.05, 3.63) is 29.8 Å². The third-order valence-corrected chi connectivity index (χ3v) is 4.20. The highest BCUT2D eigenvalue weighted by molar-refractivity contribution is 5.28. The van der Waals surface area contributed by atoms with Gasteiger partial charge in [0.15, 0.2) is 0 Å². The molecule has 0 aliphatic heterocycles. The molecule has 2 rings (SSSR count). The summed E-state index contributed by atoms with van der Waals surface area (Å²) in [5, 5.41) is 3.65. The summed E-state index contributed by atoms with van der Waals surface area (Å²) in [6, 6.07) is 9.09. The number of likely N-dealkylation sites (N-methyl/N-ethyl adjacent to an activating group) is 1. The van der Waals surface area contributed by atoms with Crippen LogP contribution in [0.15, 0.2) is 24.3 Å². The van der Waals surface area contributed by atoms with Crippen molar-refractivity contribution in [3.63, 3.8) is 0 Å². The molecule has 1 saturated carbocycles. The summed E-state index contributed by atoms with van der Waals surface area (Å²) in [5.41, 5.74) is 1.38. The van der Waals surface area contributed by atoms with E-state index in [0.29, 0.717) is 6.04 Å². The average Bonchev–Trinajstić information content (AvgIpc) is 2.92. The van der Waals surface area contributed by atoms with E-state index >= 15 is 0 Å². The molecule has 106 valence electrons. The van der Waals surface area contributed by atoms with Crippen molar-refractivity contribution in [1.82, 2.24) is 5.32 Å². The zero-order chi connectivity index (χ0) is 13.5. The van der Waals surface area contributed by atoms with Crippen molar-refractivity contribution in [2.75, 3.05) is 13.7 Å². The highest BCUT2D eigenvalue weighted by atomic mass is 16.5. The molecule has 0 heterocycles. The summed E-state index contributed by atoms with van der Waals surface area (Å²) in [6.45, 7) is 3.26. The second kappa shape index (κ2) is 7.54. The molecule has 1 N–H and O–H groups in total. The molecular weight excluding hydrogens is 234 g/mol. The zero-order valence-corrected chi connectivity index (χ0v) is 12.3. The average molecular weight is 261 g/mol. The molecular formula is C17H27NO. The summed E-state index contributed by atoms with van der Waals surface area (Å²) >= 11 is 0. The van der Waals surface area contributed by atoms with E-state index in [0.717, 1.165) is 24.6 Å². The molecule has 19 heavy (non-hydrogen) atoms. The van der Waals surface area contributed by atoms with Gasteiger partial charge >= 0.3 is 0 Å². The van der Waals surface area contributed by atoms with Crippen LogP contribution in [0.25, 0.3) is 0 Å². The highest BCUT2D eigenvalue weighted by Gasteiger charge is 2.19. The summed E-state index contributed by atoms with van der Waals surface area (Å²) < 4.78 is 5.31. The van der Waals surface area contributed by atoms with Crippen LogP contribution in [-0.2, 0) is 6.42 Å². The fourth-order valence-corrected chi connectivity index (χ4v) is 3.26. The lowest BCUT2D eigenvalue weighted by Crippen LogP contribution is -2.32. The second-order valence-corrected chi connectivity index (χ2v) is 5.70. The van der Waals surface area contributed by atoms with Gasteiger partial charge < -0.3 is 10.1 Å². The van der Waals surface area contributed by atoms with Crippen LogP contribution >= 0.6 is 0 Å². The maximum absolute atomic E-state index is 5.31. The number of nitrogens with one attached hydrogen (secondary N) is 1. The van der Waals surface area contributed by atoms with Crippen LogP contribution in [0.3, 0.4) is 0 Å². The van der Waals surface area contributed by atoms with E-state index in [1.807, 2.05) is 6.07 Å². The van der Waals surface area contributed by atoms with Gasteiger partial charge in [0.1, 0.15) is 5.75 Å². The van der Waals surface area contributed by atoms with Crippen LogP contribution < -0.4 is 10.1 Å². The first-order valence-electron chi connectivity index (χ1n) is 7.68. The Morgan fingerprint density at radius 2 is 2.11 bits per heavy atom. The number of hydrogen-bond donors (Lipinski definition) is 1. The minimum Gasteiger partial charge on any atom is -0.497 e. The molecule has 1 aliphatic carbocycles. The molecule has 1 aromatic rings. The largest absolute Gasteiger partial charge is 0.497 e. The fraction of sp³-hybridized carbons (Fsp3) is 0.647. The Bertz CT molecular complexity index is 371. The van der Waals surface area contributed by atoms with Gasteiger partial charge in [-0.15, -0.1) is 0 Å². The first-order valence-corrected chi connectivity index (χ1v) is 7.68. The number of rotatable bonds is 7. The predicted molar refractivity (Wildman–Crippen MR) is 80.7 cm³/mol. The Labute approximate surface area is 117 Å². The molecule has 0 radical (unpaired) electrons. The lowest BCUT2D eigenvalue weighted by atomic mass is 9.94. The van der Waals surface area contributed by atoms with E-state index in [1.54, 1.807) is 7.11 Å². The van der Waals surface area contributed by atoms with Gasteiger partial charge in [-0.3, -0.25) is 0 Å². The summed E-state index contributed by atoms with van der Waals surface area (Å²) in [6.07, 6.45) is 8.16. The van der Waals surface area contributed by atoms with Gasteiger partial charge in [0.05, 0.1) is 7.11 Å². The molecule has 0 saturated heterocycles. The molecule has 1 unspecified atom stereocenters. The van der Waals surface area contributed by atoms with Gasteiger partial charge in [0, 0.05) is 6.04 Å². The number of ether oxygens (including phenoxy) is 1. The maximum atomic E-state index is 5.31. The number of methoxy groups -OCH3 is 1. The Balaban J connectivity index is 1.94. The van der Waals surface area contributed by atoms with Gasteiger partial charge in [-0.2, -0.15) is 0 Å². The van der Waals surface area contributed by atoms with Gasteiger partial charge in [0.2, 0.25) is 0 Å². The Morgan fingerprint density at radius 3 is 2.79 bits per heavy atom. The smallest absolute Gasteiger partial charge is 0.119 e. The van der Waals surface area contributed by atoms with Crippen LogP contribution in [0.1, 0.15) is 44.6 Å². The maximum Gasteiger partial charge on any atom is 0.119 e. The summed E-state index contributed by atoms with van der Waals surface area (Å²) in [5.74, 6) is 1.91. The fourth-order valence-electron chi connectivity index (χ4n) is 3.26. The lowest BCUT2D eigenvalue weighted by molar-refractivity contribution is 0.388. The van der Waals surface area contributed by atoms with Gasteiger partial charge in [-0.25, -0.2) is 0 Å². The van der Waals surface area contributed by atoms with Gasteiger partial charge in [-0.05, 0) is 43.0 Å². The van der Waals surface area contributed by atoms with E-state index < -0.39 is 0 Å².